The predicted octanol–water partition coefficient (Wildman–Crippen LogP) is 2.66. The van der Waals surface area contributed by atoms with E-state index in [1.165, 1.54) is 11.3 Å². The SMILES string of the molecule is COCC1(C)CC2=C/C=C\C=C/C=C\2N1C. The van der Waals surface area contributed by atoms with Gasteiger partial charge < -0.3 is 9.64 Å². The number of fused-ring (bicyclic) bond motifs is 1. The third-order valence-electron chi connectivity index (χ3n) is 3.41. The van der Waals surface area contributed by atoms with E-state index in [0.717, 1.165) is 13.0 Å². The van der Waals surface area contributed by atoms with Crippen molar-refractivity contribution in [3.05, 3.63) is 47.7 Å². The van der Waals surface area contributed by atoms with Gasteiger partial charge in [-0.3, -0.25) is 0 Å². The molecule has 0 aromatic heterocycles. The Morgan fingerprint density at radius 2 is 1.94 bits per heavy atom. The summed E-state index contributed by atoms with van der Waals surface area (Å²) in [6, 6.07) is 0. The lowest BCUT2D eigenvalue weighted by Crippen LogP contribution is -2.41. The standard InChI is InChI=1S/C14H19NO/c1-14(11-16-3)10-12-8-6-4-5-7-9-13(12)15(14)2/h4-9H,10-11H2,1-3H3/b5-4?,6-4-,7-5-,8-6?,9-7?,12-8-,13-9+. The van der Waals surface area contributed by atoms with E-state index in [0.29, 0.717) is 0 Å². The maximum absolute atomic E-state index is 5.34. The van der Waals surface area contributed by atoms with Gasteiger partial charge in [-0.25, -0.2) is 0 Å². The largest absolute Gasteiger partial charge is 0.382 e. The van der Waals surface area contributed by atoms with Crippen LogP contribution in [-0.2, 0) is 4.74 Å². The van der Waals surface area contributed by atoms with Crippen molar-refractivity contribution < 1.29 is 4.74 Å². The average Bonchev–Trinajstić information content (AvgIpc) is 2.42. The van der Waals surface area contributed by atoms with Crippen LogP contribution in [0.3, 0.4) is 0 Å². The number of likely N-dealkylation sites (tertiary alicyclic amines) is 1. The van der Waals surface area contributed by atoms with Crippen LogP contribution in [0.1, 0.15) is 13.3 Å². The molecule has 0 bridgehead atoms. The number of hydrogen-bond donors (Lipinski definition) is 0. The Morgan fingerprint density at radius 1 is 1.25 bits per heavy atom. The number of likely N-dealkylation sites (N-methyl/N-ethyl adjacent to an activating group) is 1. The Balaban J connectivity index is 2.35. The lowest BCUT2D eigenvalue weighted by Gasteiger charge is -2.33. The summed E-state index contributed by atoms with van der Waals surface area (Å²) in [6.45, 7) is 3.00. The second-order valence-corrected chi connectivity index (χ2v) is 4.68. The maximum atomic E-state index is 5.34. The number of rotatable bonds is 2. The topological polar surface area (TPSA) is 12.5 Å². The van der Waals surface area contributed by atoms with E-state index in [4.69, 9.17) is 4.74 Å². The van der Waals surface area contributed by atoms with E-state index in [1.54, 1.807) is 7.11 Å². The van der Waals surface area contributed by atoms with Crippen LogP contribution in [0.25, 0.3) is 0 Å². The van der Waals surface area contributed by atoms with Crippen molar-refractivity contribution in [1.29, 1.82) is 0 Å². The molecular formula is C14H19NO. The minimum absolute atomic E-state index is 0.0818. The van der Waals surface area contributed by atoms with Gasteiger partial charge in [-0.05, 0) is 25.0 Å². The van der Waals surface area contributed by atoms with Crippen LogP contribution >= 0.6 is 0 Å². The van der Waals surface area contributed by atoms with Crippen LogP contribution in [0.15, 0.2) is 47.7 Å². The molecular weight excluding hydrogens is 198 g/mol. The molecule has 0 amide bonds. The molecule has 0 aromatic rings. The third-order valence-corrected chi connectivity index (χ3v) is 3.41. The molecule has 0 N–H and O–H groups in total. The highest BCUT2D eigenvalue weighted by atomic mass is 16.5. The zero-order chi connectivity index (χ0) is 11.6. The van der Waals surface area contributed by atoms with Gasteiger partial charge >= 0.3 is 0 Å². The van der Waals surface area contributed by atoms with Gasteiger partial charge in [-0.1, -0.05) is 30.4 Å². The summed E-state index contributed by atoms with van der Waals surface area (Å²) in [5.74, 6) is 0. The zero-order valence-corrected chi connectivity index (χ0v) is 10.2. The smallest absolute Gasteiger partial charge is 0.0695 e. The average molecular weight is 217 g/mol. The van der Waals surface area contributed by atoms with Gasteiger partial charge in [0, 0.05) is 19.9 Å². The van der Waals surface area contributed by atoms with Gasteiger partial charge in [-0.2, -0.15) is 0 Å². The summed E-state index contributed by atoms with van der Waals surface area (Å²) in [7, 11) is 3.91. The quantitative estimate of drug-likeness (QED) is 0.705. The molecule has 1 saturated heterocycles. The Bertz CT molecular complexity index is 390. The Hall–Kier alpha value is -1.28. The van der Waals surface area contributed by atoms with E-state index in [1.807, 2.05) is 0 Å². The highest BCUT2D eigenvalue weighted by Crippen LogP contribution is 2.39. The third kappa shape index (κ3) is 1.85. The molecule has 1 fully saturated rings. The van der Waals surface area contributed by atoms with Crippen molar-refractivity contribution in [3.63, 3.8) is 0 Å². The van der Waals surface area contributed by atoms with Crippen LogP contribution in [0.4, 0.5) is 0 Å². The number of ether oxygens (including phenoxy) is 1. The molecule has 1 aliphatic carbocycles. The van der Waals surface area contributed by atoms with Gasteiger partial charge in [0.05, 0.1) is 12.1 Å². The zero-order valence-electron chi connectivity index (χ0n) is 10.2. The Morgan fingerprint density at radius 3 is 2.62 bits per heavy atom. The summed E-state index contributed by atoms with van der Waals surface area (Å²) in [4.78, 5) is 2.33. The molecule has 1 atom stereocenters. The molecule has 2 aliphatic rings. The van der Waals surface area contributed by atoms with Crippen molar-refractivity contribution in [3.8, 4) is 0 Å². The fourth-order valence-electron chi connectivity index (χ4n) is 2.39. The van der Waals surface area contributed by atoms with Gasteiger partial charge in [0.15, 0.2) is 0 Å². The summed E-state index contributed by atoms with van der Waals surface area (Å²) in [5.41, 5.74) is 2.78. The van der Waals surface area contributed by atoms with Crippen molar-refractivity contribution in [2.45, 2.75) is 18.9 Å². The van der Waals surface area contributed by atoms with E-state index in [-0.39, 0.29) is 5.54 Å². The molecule has 86 valence electrons. The second kappa shape index (κ2) is 4.30. The summed E-state index contributed by atoms with van der Waals surface area (Å²) < 4.78 is 5.34. The Labute approximate surface area is 97.6 Å². The normalized spacial score (nSPS) is 38.8. The highest BCUT2D eigenvalue weighted by molar-refractivity contribution is 5.44. The predicted molar refractivity (Wildman–Crippen MR) is 67.1 cm³/mol. The molecule has 1 aliphatic heterocycles. The number of nitrogens with zero attached hydrogens (tertiary/aromatic N) is 1. The van der Waals surface area contributed by atoms with Crippen LogP contribution < -0.4 is 0 Å². The van der Waals surface area contributed by atoms with E-state index in [2.05, 4.69) is 55.3 Å². The van der Waals surface area contributed by atoms with E-state index in [9.17, 15) is 0 Å². The number of allylic oxidation sites excluding steroid dienone is 7. The van der Waals surface area contributed by atoms with Crippen molar-refractivity contribution >= 4 is 0 Å². The second-order valence-electron chi connectivity index (χ2n) is 4.68. The molecule has 16 heavy (non-hydrogen) atoms. The van der Waals surface area contributed by atoms with Crippen LogP contribution in [0.5, 0.6) is 0 Å². The van der Waals surface area contributed by atoms with Crippen LogP contribution in [-0.4, -0.2) is 31.2 Å². The van der Waals surface area contributed by atoms with Crippen LogP contribution in [0.2, 0.25) is 0 Å². The highest BCUT2D eigenvalue weighted by Gasteiger charge is 2.39. The van der Waals surface area contributed by atoms with E-state index < -0.39 is 0 Å². The fourth-order valence-corrected chi connectivity index (χ4v) is 2.39. The lowest BCUT2D eigenvalue weighted by atomic mass is 9.98. The van der Waals surface area contributed by atoms with Gasteiger partial charge in [0.2, 0.25) is 0 Å². The number of methoxy groups -OCH3 is 1. The fraction of sp³-hybridized carbons (Fsp3) is 0.429. The molecule has 2 nitrogen and oxygen atoms in total. The van der Waals surface area contributed by atoms with Gasteiger partial charge in [-0.15, -0.1) is 0 Å². The van der Waals surface area contributed by atoms with Crippen molar-refractivity contribution in [2.24, 2.45) is 0 Å². The van der Waals surface area contributed by atoms with Crippen LogP contribution in [0, 0.1) is 0 Å². The van der Waals surface area contributed by atoms with Crippen molar-refractivity contribution in [1.82, 2.24) is 4.90 Å². The first-order valence-electron chi connectivity index (χ1n) is 5.65. The molecule has 0 saturated carbocycles. The molecule has 0 spiro atoms. The molecule has 2 heteroatoms. The molecule has 0 aromatic carbocycles. The summed E-state index contributed by atoms with van der Waals surface area (Å²) in [5, 5.41) is 0. The minimum atomic E-state index is 0.0818. The van der Waals surface area contributed by atoms with E-state index >= 15 is 0 Å². The monoisotopic (exact) mass is 217 g/mol. The first-order chi connectivity index (χ1) is 7.67. The first-order valence-corrected chi connectivity index (χ1v) is 5.65. The molecule has 1 heterocycles. The Kier molecular flexibility index (Phi) is 3.01. The minimum Gasteiger partial charge on any atom is -0.382 e. The lowest BCUT2D eigenvalue weighted by molar-refractivity contribution is 0.0761. The molecule has 2 rings (SSSR count). The molecule has 1 unspecified atom stereocenters. The molecule has 0 radical (unpaired) electrons. The summed E-state index contributed by atoms with van der Waals surface area (Å²) >= 11 is 0. The van der Waals surface area contributed by atoms with Crippen molar-refractivity contribution in [2.75, 3.05) is 20.8 Å². The summed E-state index contributed by atoms with van der Waals surface area (Å²) in [6.07, 6.45) is 13.7. The van der Waals surface area contributed by atoms with Gasteiger partial charge in [0.25, 0.3) is 0 Å². The first kappa shape index (κ1) is 11.2. The van der Waals surface area contributed by atoms with Gasteiger partial charge in [0.1, 0.15) is 0 Å². The maximum Gasteiger partial charge on any atom is 0.0695 e. The number of hydrogen-bond acceptors (Lipinski definition) is 2.